The monoisotopic (exact) mass is 190 g/mol. The van der Waals surface area contributed by atoms with Gasteiger partial charge in [-0.15, -0.1) is 0 Å². The summed E-state index contributed by atoms with van der Waals surface area (Å²) in [6, 6.07) is 0. The van der Waals surface area contributed by atoms with Gasteiger partial charge >= 0.3 is 5.97 Å². The smallest absolute Gasteiger partial charge is 0.305 e. The molecule has 0 bridgehead atoms. The average molecular weight is 190 g/mol. The minimum atomic E-state index is -0.453. The number of ether oxygens (including phenoxy) is 3. The summed E-state index contributed by atoms with van der Waals surface area (Å²) in [4.78, 5) is 11.0. The van der Waals surface area contributed by atoms with Crippen molar-refractivity contribution in [2.45, 2.75) is 32.5 Å². The van der Waals surface area contributed by atoms with Gasteiger partial charge in [0.2, 0.25) is 0 Å². The second-order valence-corrected chi connectivity index (χ2v) is 2.69. The van der Waals surface area contributed by atoms with Crippen LogP contribution in [0.3, 0.4) is 0 Å². The molecule has 0 atom stereocenters. The van der Waals surface area contributed by atoms with Gasteiger partial charge in [0.1, 0.15) is 6.61 Å². The quantitative estimate of drug-likeness (QED) is 0.449. The Morgan fingerprint density at radius 3 is 2.38 bits per heavy atom. The zero-order chi connectivity index (χ0) is 10.1. The van der Waals surface area contributed by atoms with Crippen LogP contribution in [0.4, 0.5) is 0 Å². The molecule has 0 aromatic carbocycles. The highest BCUT2D eigenvalue weighted by atomic mass is 16.7. The first kappa shape index (κ1) is 12.4. The van der Waals surface area contributed by atoms with E-state index in [4.69, 9.17) is 14.2 Å². The van der Waals surface area contributed by atoms with Crippen LogP contribution in [-0.4, -0.2) is 33.1 Å². The molecule has 0 saturated carbocycles. The van der Waals surface area contributed by atoms with Gasteiger partial charge in [-0.2, -0.15) is 0 Å². The van der Waals surface area contributed by atoms with E-state index >= 15 is 0 Å². The Bertz CT molecular complexity index is 132. The van der Waals surface area contributed by atoms with Gasteiger partial charge in [0.05, 0.1) is 0 Å². The second-order valence-electron chi connectivity index (χ2n) is 2.69. The first-order valence-electron chi connectivity index (χ1n) is 4.45. The Kier molecular flexibility index (Phi) is 7.63. The zero-order valence-electron chi connectivity index (χ0n) is 8.54. The molecule has 78 valence electrons. The summed E-state index contributed by atoms with van der Waals surface area (Å²) in [5, 5.41) is 0. The second kappa shape index (κ2) is 8.01. The van der Waals surface area contributed by atoms with Crippen LogP contribution in [0.5, 0.6) is 0 Å². The highest BCUT2D eigenvalue weighted by Gasteiger charge is 2.08. The molecule has 0 heterocycles. The number of unbranched alkanes of at least 4 members (excludes halogenated alkanes) is 1. The van der Waals surface area contributed by atoms with Crippen LogP contribution in [-0.2, 0) is 19.0 Å². The molecule has 0 saturated heterocycles. The zero-order valence-corrected chi connectivity index (χ0v) is 8.54. The normalized spacial score (nSPS) is 10.5. The number of hydrogen-bond donors (Lipinski definition) is 0. The highest BCUT2D eigenvalue weighted by Crippen LogP contribution is 1.98. The Morgan fingerprint density at radius 1 is 1.31 bits per heavy atom. The highest BCUT2D eigenvalue weighted by molar-refractivity contribution is 5.69. The number of rotatable bonds is 7. The fraction of sp³-hybridized carbons (Fsp3) is 0.889. The molecule has 0 aromatic heterocycles. The number of esters is 1. The Balaban J connectivity index is 3.44. The van der Waals surface area contributed by atoms with E-state index in [1.807, 2.05) is 6.92 Å². The predicted molar refractivity (Wildman–Crippen MR) is 48.3 cm³/mol. The molecular formula is C9H18O4. The summed E-state index contributed by atoms with van der Waals surface area (Å²) in [6.07, 6.45) is 1.87. The molecule has 4 heteroatoms. The summed E-state index contributed by atoms with van der Waals surface area (Å²) in [6.45, 7) is 2.19. The maximum atomic E-state index is 11.0. The summed E-state index contributed by atoms with van der Waals surface area (Å²) >= 11 is 0. The fourth-order valence-corrected chi connectivity index (χ4v) is 0.787. The van der Waals surface area contributed by atoms with Gasteiger partial charge in [0.15, 0.2) is 6.29 Å². The Hall–Kier alpha value is -0.610. The minimum absolute atomic E-state index is 0.162. The number of carbonyl (C=O) groups excluding carboxylic acids is 1. The Labute approximate surface area is 79.2 Å². The van der Waals surface area contributed by atoms with Crippen LogP contribution in [0.1, 0.15) is 26.2 Å². The molecule has 13 heavy (non-hydrogen) atoms. The summed E-state index contributed by atoms with van der Waals surface area (Å²) in [5.74, 6) is -0.194. The van der Waals surface area contributed by atoms with Crippen LogP contribution in [0.15, 0.2) is 0 Å². The predicted octanol–water partition coefficient (Wildman–Crippen LogP) is 1.34. The van der Waals surface area contributed by atoms with Gasteiger partial charge in [-0.05, 0) is 6.42 Å². The third-order valence-corrected chi connectivity index (χ3v) is 1.64. The maximum absolute atomic E-state index is 11.0. The van der Waals surface area contributed by atoms with Crippen molar-refractivity contribution in [2.75, 3.05) is 20.8 Å². The van der Waals surface area contributed by atoms with Gasteiger partial charge in [-0.25, -0.2) is 0 Å². The molecule has 0 aliphatic carbocycles. The van der Waals surface area contributed by atoms with Gasteiger partial charge in [-0.3, -0.25) is 4.79 Å². The van der Waals surface area contributed by atoms with E-state index in [1.54, 1.807) is 0 Å². The SMILES string of the molecule is CCCCC(=O)OCC(OC)OC. The molecule has 0 rings (SSSR count). The first-order chi connectivity index (χ1) is 6.24. The minimum Gasteiger partial charge on any atom is -0.460 e. The summed E-state index contributed by atoms with van der Waals surface area (Å²) in [7, 11) is 3.02. The first-order valence-corrected chi connectivity index (χ1v) is 4.45. The van der Waals surface area contributed by atoms with E-state index in [-0.39, 0.29) is 12.6 Å². The van der Waals surface area contributed by atoms with Crippen molar-refractivity contribution in [2.24, 2.45) is 0 Å². The Morgan fingerprint density at radius 2 is 1.92 bits per heavy atom. The van der Waals surface area contributed by atoms with E-state index in [0.29, 0.717) is 6.42 Å². The van der Waals surface area contributed by atoms with Crippen molar-refractivity contribution >= 4 is 5.97 Å². The van der Waals surface area contributed by atoms with Crippen LogP contribution < -0.4 is 0 Å². The van der Waals surface area contributed by atoms with Gasteiger partial charge in [0.25, 0.3) is 0 Å². The molecule has 0 aromatic rings. The van der Waals surface area contributed by atoms with E-state index in [1.165, 1.54) is 14.2 Å². The molecule has 4 nitrogen and oxygen atoms in total. The average Bonchev–Trinajstić information content (AvgIpc) is 2.16. The standard InChI is InChI=1S/C9H18O4/c1-4-5-6-8(10)13-7-9(11-2)12-3/h9H,4-7H2,1-3H3. The lowest BCUT2D eigenvalue weighted by molar-refractivity contribution is -0.166. The molecule has 0 fully saturated rings. The molecule has 0 spiro atoms. The molecule has 0 aliphatic rings. The molecule has 0 amide bonds. The van der Waals surface area contributed by atoms with Crippen molar-refractivity contribution in [3.8, 4) is 0 Å². The lowest BCUT2D eigenvalue weighted by atomic mass is 10.2. The largest absolute Gasteiger partial charge is 0.460 e. The molecule has 0 unspecified atom stereocenters. The van der Waals surface area contributed by atoms with Crippen LogP contribution >= 0.6 is 0 Å². The summed E-state index contributed by atoms with van der Waals surface area (Å²) < 4.78 is 14.6. The van der Waals surface area contributed by atoms with E-state index in [0.717, 1.165) is 12.8 Å². The van der Waals surface area contributed by atoms with E-state index in [2.05, 4.69) is 0 Å². The summed E-state index contributed by atoms with van der Waals surface area (Å²) in [5.41, 5.74) is 0. The fourth-order valence-electron chi connectivity index (χ4n) is 0.787. The number of carbonyl (C=O) groups is 1. The van der Waals surface area contributed by atoms with Gasteiger partial charge in [0, 0.05) is 20.6 Å². The lowest BCUT2D eigenvalue weighted by Crippen LogP contribution is -2.22. The number of hydrogen-bond acceptors (Lipinski definition) is 4. The van der Waals surface area contributed by atoms with Crippen LogP contribution in [0.25, 0.3) is 0 Å². The third kappa shape index (κ3) is 6.54. The third-order valence-electron chi connectivity index (χ3n) is 1.64. The van der Waals surface area contributed by atoms with Crippen molar-refractivity contribution in [3.05, 3.63) is 0 Å². The van der Waals surface area contributed by atoms with Crippen LogP contribution in [0, 0.1) is 0 Å². The van der Waals surface area contributed by atoms with Crippen molar-refractivity contribution in [3.63, 3.8) is 0 Å². The molecular weight excluding hydrogens is 172 g/mol. The van der Waals surface area contributed by atoms with E-state index in [9.17, 15) is 4.79 Å². The van der Waals surface area contributed by atoms with Crippen molar-refractivity contribution in [1.29, 1.82) is 0 Å². The van der Waals surface area contributed by atoms with Crippen LogP contribution in [0.2, 0.25) is 0 Å². The topological polar surface area (TPSA) is 44.8 Å². The lowest BCUT2D eigenvalue weighted by Gasteiger charge is -2.12. The molecule has 0 aliphatic heterocycles. The van der Waals surface area contributed by atoms with Gasteiger partial charge < -0.3 is 14.2 Å². The van der Waals surface area contributed by atoms with Crippen molar-refractivity contribution < 1.29 is 19.0 Å². The maximum Gasteiger partial charge on any atom is 0.305 e. The van der Waals surface area contributed by atoms with Crippen molar-refractivity contribution in [1.82, 2.24) is 0 Å². The number of methoxy groups -OCH3 is 2. The molecule has 0 radical (unpaired) electrons. The van der Waals surface area contributed by atoms with Gasteiger partial charge in [-0.1, -0.05) is 13.3 Å². The van der Waals surface area contributed by atoms with E-state index < -0.39 is 6.29 Å². The molecule has 0 N–H and O–H groups in total.